The van der Waals surface area contributed by atoms with E-state index >= 15 is 0 Å². The number of fused-ring (bicyclic) bond motifs is 2. The second-order valence-corrected chi connectivity index (χ2v) is 9.01. The summed E-state index contributed by atoms with van der Waals surface area (Å²) < 4.78 is 0. The number of aromatic nitrogens is 2. The van der Waals surface area contributed by atoms with Gasteiger partial charge in [-0.2, -0.15) is 0 Å². The number of hydrogen-bond acceptors (Lipinski definition) is 4. The Morgan fingerprint density at radius 1 is 1.24 bits per heavy atom. The van der Waals surface area contributed by atoms with Crippen LogP contribution in [0.1, 0.15) is 52.9 Å². The Labute approximate surface area is 150 Å². The van der Waals surface area contributed by atoms with E-state index in [9.17, 15) is 4.79 Å². The zero-order valence-corrected chi connectivity index (χ0v) is 15.7. The molecule has 1 aromatic rings. The monoisotopic (exact) mass is 342 g/mol. The molecule has 3 aliphatic rings. The molecule has 2 aliphatic carbocycles. The summed E-state index contributed by atoms with van der Waals surface area (Å²) in [5.41, 5.74) is 0.575. The molecule has 25 heavy (non-hydrogen) atoms. The Kier molecular flexibility index (Phi) is 4.00. The summed E-state index contributed by atoms with van der Waals surface area (Å²) in [7, 11) is 0. The van der Waals surface area contributed by atoms with Gasteiger partial charge in [-0.25, -0.2) is 9.97 Å². The van der Waals surface area contributed by atoms with Gasteiger partial charge in [-0.3, -0.25) is 4.79 Å². The van der Waals surface area contributed by atoms with Crippen molar-refractivity contribution in [3.05, 3.63) is 18.5 Å². The molecule has 1 aromatic heterocycles. The summed E-state index contributed by atoms with van der Waals surface area (Å²) in [4.78, 5) is 23.8. The fourth-order valence-corrected chi connectivity index (χ4v) is 5.54. The van der Waals surface area contributed by atoms with Crippen molar-refractivity contribution < 1.29 is 4.79 Å². The highest BCUT2D eigenvalue weighted by Crippen LogP contribution is 2.65. The number of carbonyl (C=O) groups is 1. The van der Waals surface area contributed by atoms with Crippen LogP contribution in [0.2, 0.25) is 0 Å². The van der Waals surface area contributed by atoms with Gasteiger partial charge in [0.15, 0.2) is 0 Å². The zero-order chi connectivity index (χ0) is 17.7. The van der Waals surface area contributed by atoms with Crippen LogP contribution < -0.4 is 10.2 Å². The molecule has 4 atom stereocenters. The van der Waals surface area contributed by atoms with Gasteiger partial charge in [-0.05, 0) is 54.9 Å². The maximum Gasteiger partial charge on any atom is 0.225 e. The maximum atomic E-state index is 13.0. The van der Waals surface area contributed by atoms with Crippen LogP contribution in [-0.4, -0.2) is 35.0 Å². The lowest BCUT2D eigenvalue weighted by Crippen LogP contribution is -2.51. The molecule has 1 aliphatic heterocycles. The number of rotatable bonds is 3. The average Bonchev–Trinajstić information content (AvgIpc) is 2.96. The second kappa shape index (κ2) is 5.96. The number of carbonyl (C=O) groups excluding carboxylic acids is 1. The van der Waals surface area contributed by atoms with Crippen LogP contribution in [0, 0.1) is 22.7 Å². The Bertz CT molecular complexity index is 646. The summed E-state index contributed by atoms with van der Waals surface area (Å²) in [6, 6.07) is 2.16. The molecule has 0 aromatic carbocycles. The summed E-state index contributed by atoms with van der Waals surface area (Å²) in [6.45, 7) is 8.84. The minimum Gasteiger partial charge on any atom is -0.352 e. The van der Waals surface area contributed by atoms with E-state index in [1.807, 2.05) is 6.07 Å². The van der Waals surface area contributed by atoms with Crippen molar-refractivity contribution in [2.45, 2.75) is 58.9 Å². The molecule has 5 nitrogen and oxygen atoms in total. The van der Waals surface area contributed by atoms with E-state index in [-0.39, 0.29) is 17.2 Å². The highest BCUT2D eigenvalue weighted by atomic mass is 16.2. The Hall–Kier alpha value is -1.65. The topological polar surface area (TPSA) is 58.1 Å². The average molecular weight is 342 g/mol. The fraction of sp³-hybridized carbons (Fsp3) is 0.750. The first-order valence-electron chi connectivity index (χ1n) is 9.74. The van der Waals surface area contributed by atoms with Crippen molar-refractivity contribution in [3.8, 4) is 0 Å². The van der Waals surface area contributed by atoms with Crippen LogP contribution in [0.4, 0.5) is 5.95 Å². The normalized spacial score (nSPS) is 36.4. The third kappa shape index (κ3) is 2.63. The zero-order valence-electron chi connectivity index (χ0n) is 15.7. The van der Waals surface area contributed by atoms with Crippen molar-refractivity contribution in [2.24, 2.45) is 22.7 Å². The van der Waals surface area contributed by atoms with Gasteiger partial charge < -0.3 is 10.2 Å². The highest BCUT2D eigenvalue weighted by molar-refractivity contribution is 5.80. The predicted octanol–water partition coefficient (Wildman–Crippen LogP) is 3.02. The molecule has 1 amide bonds. The molecule has 4 rings (SSSR count). The lowest BCUT2D eigenvalue weighted by molar-refractivity contribution is -0.127. The van der Waals surface area contributed by atoms with E-state index < -0.39 is 0 Å². The van der Waals surface area contributed by atoms with Crippen LogP contribution in [0.3, 0.4) is 0 Å². The highest BCUT2D eigenvalue weighted by Gasteiger charge is 2.61. The largest absolute Gasteiger partial charge is 0.352 e. The molecule has 5 heteroatoms. The first kappa shape index (κ1) is 16.8. The van der Waals surface area contributed by atoms with Crippen molar-refractivity contribution in [1.29, 1.82) is 0 Å². The number of amides is 1. The summed E-state index contributed by atoms with van der Waals surface area (Å²) in [5, 5.41) is 3.44. The van der Waals surface area contributed by atoms with Gasteiger partial charge in [0.2, 0.25) is 11.9 Å². The minimum absolute atomic E-state index is 0.0448. The maximum absolute atomic E-state index is 13.0. The SMILES string of the molecule is CC1(C)[C@H]2CC[C@@]1(C)[C@@H](NC(=O)[C@@H]1CCCN(c3ncccn3)C1)C2. The Balaban J connectivity index is 1.42. The fourth-order valence-electron chi connectivity index (χ4n) is 5.54. The summed E-state index contributed by atoms with van der Waals surface area (Å²) >= 11 is 0. The summed E-state index contributed by atoms with van der Waals surface area (Å²) in [6.07, 6.45) is 9.22. The standard InChI is InChI=1S/C20H30N4O/c1-19(2)15-7-8-20(19,3)16(12-15)23-17(25)14-6-4-11-24(13-14)18-21-9-5-10-22-18/h5,9-10,14-16H,4,6-8,11-13H2,1-3H3,(H,23,25)/t14-,15+,16+,20+/m1/s1. The molecular formula is C20H30N4O. The first-order chi connectivity index (χ1) is 11.9. The second-order valence-electron chi connectivity index (χ2n) is 9.01. The van der Waals surface area contributed by atoms with Crippen LogP contribution in [-0.2, 0) is 4.79 Å². The smallest absolute Gasteiger partial charge is 0.225 e. The van der Waals surface area contributed by atoms with E-state index in [1.54, 1.807) is 12.4 Å². The number of hydrogen-bond donors (Lipinski definition) is 1. The summed E-state index contributed by atoms with van der Waals surface area (Å²) in [5.74, 6) is 1.77. The molecule has 0 spiro atoms. The quantitative estimate of drug-likeness (QED) is 0.917. The lowest BCUT2D eigenvalue weighted by Gasteiger charge is -2.40. The van der Waals surface area contributed by atoms with Gasteiger partial charge in [-0.15, -0.1) is 0 Å². The molecule has 2 bridgehead atoms. The van der Waals surface area contributed by atoms with Gasteiger partial charge in [0.25, 0.3) is 0 Å². The molecule has 1 saturated heterocycles. The van der Waals surface area contributed by atoms with Gasteiger partial charge >= 0.3 is 0 Å². The Morgan fingerprint density at radius 2 is 2.00 bits per heavy atom. The number of anilines is 1. The molecule has 3 fully saturated rings. The van der Waals surface area contributed by atoms with Crippen LogP contribution in [0.25, 0.3) is 0 Å². The van der Waals surface area contributed by atoms with Crippen LogP contribution in [0.15, 0.2) is 18.5 Å². The molecule has 0 unspecified atom stereocenters. The van der Waals surface area contributed by atoms with Crippen LogP contribution in [0.5, 0.6) is 0 Å². The van der Waals surface area contributed by atoms with Gasteiger partial charge in [0.1, 0.15) is 0 Å². The van der Waals surface area contributed by atoms with E-state index in [0.29, 0.717) is 11.5 Å². The number of nitrogens with zero attached hydrogens (tertiary/aromatic N) is 3. The van der Waals surface area contributed by atoms with Crippen LogP contribution >= 0.6 is 0 Å². The molecule has 1 N–H and O–H groups in total. The molecule has 136 valence electrons. The molecule has 2 heterocycles. The number of piperidine rings is 1. The predicted molar refractivity (Wildman–Crippen MR) is 98.1 cm³/mol. The third-order valence-electron chi connectivity index (χ3n) is 7.74. The van der Waals surface area contributed by atoms with E-state index in [1.165, 1.54) is 12.8 Å². The first-order valence-corrected chi connectivity index (χ1v) is 9.74. The van der Waals surface area contributed by atoms with Gasteiger partial charge in [0, 0.05) is 31.5 Å². The minimum atomic E-state index is 0.0448. The van der Waals surface area contributed by atoms with E-state index in [2.05, 4.69) is 41.0 Å². The molecular weight excluding hydrogens is 312 g/mol. The van der Waals surface area contributed by atoms with Crippen molar-refractivity contribution in [2.75, 3.05) is 18.0 Å². The van der Waals surface area contributed by atoms with Gasteiger partial charge in [-0.1, -0.05) is 20.8 Å². The Morgan fingerprint density at radius 3 is 2.64 bits per heavy atom. The number of nitrogens with one attached hydrogen (secondary N) is 1. The van der Waals surface area contributed by atoms with E-state index in [0.717, 1.165) is 44.2 Å². The van der Waals surface area contributed by atoms with Crippen molar-refractivity contribution in [3.63, 3.8) is 0 Å². The van der Waals surface area contributed by atoms with Crippen molar-refractivity contribution >= 4 is 11.9 Å². The van der Waals surface area contributed by atoms with E-state index in [4.69, 9.17) is 0 Å². The van der Waals surface area contributed by atoms with Gasteiger partial charge in [0.05, 0.1) is 5.92 Å². The lowest BCUT2D eigenvalue weighted by atomic mass is 9.69. The van der Waals surface area contributed by atoms with Crippen molar-refractivity contribution in [1.82, 2.24) is 15.3 Å². The molecule has 0 radical (unpaired) electrons. The third-order valence-corrected chi connectivity index (χ3v) is 7.74. The molecule has 2 saturated carbocycles.